The minimum atomic E-state index is -4.57. The molecule has 1 fully saturated rings. The third kappa shape index (κ3) is 4.13. The Kier molecular flexibility index (Phi) is 5.44. The van der Waals surface area contributed by atoms with E-state index in [0.717, 1.165) is 6.07 Å². The van der Waals surface area contributed by atoms with E-state index in [1.807, 2.05) is 0 Å². The van der Waals surface area contributed by atoms with Crippen LogP contribution in [0, 0.1) is 0 Å². The van der Waals surface area contributed by atoms with Crippen LogP contribution in [0.5, 0.6) is 0 Å². The molecule has 0 amide bonds. The monoisotopic (exact) mass is 465 g/mol. The highest BCUT2D eigenvalue weighted by Crippen LogP contribution is 2.40. The number of nitrogens with zero attached hydrogens (tertiary/aromatic N) is 4. The lowest BCUT2D eigenvalue weighted by atomic mass is 9.99. The fraction of sp³-hybridized carbons (Fsp3) is 0.250. The van der Waals surface area contributed by atoms with Crippen molar-refractivity contribution in [3.8, 4) is 22.5 Å². The lowest BCUT2D eigenvalue weighted by Crippen LogP contribution is -2.37. The van der Waals surface area contributed by atoms with Gasteiger partial charge >= 0.3 is 0 Å². The number of nitrogen functional groups attached to an aromatic ring is 1. The summed E-state index contributed by atoms with van der Waals surface area (Å²) in [4.78, 5) is 2.83. The third-order valence-electron chi connectivity index (χ3n) is 4.78. The second-order valence-corrected chi connectivity index (χ2v) is 10.0. The summed E-state index contributed by atoms with van der Waals surface area (Å²) in [6.07, 6.45) is 2.03. The van der Waals surface area contributed by atoms with Crippen molar-refractivity contribution in [3.63, 3.8) is 0 Å². The van der Waals surface area contributed by atoms with E-state index in [0.29, 0.717) is 25.1 Å². The van der Waals surface area contributed by atoms with Crippen LogP contribution in [0.4, 0.5) is 5.82 Å². The van der Waals surface area contributed by atoms with E-state index in [1.54, 1.807) is 12.1 Å². The Morgan fingerprint density at radius 3 is 2.55 bits per heavy atom. The van der Waals surface area contributed by atoms with Crippen LogP contribution < -0.4 is 20.9 Å². The summed E-state index contributed by atoms with van der Waals surface area (Å²) < 4.78 is 54.1. The number of nitrogens with two attached hydrogens (primary N) is 2. The molecule has 1 atom stereocenters. The number of H-pyrrole nitrogens is 1. The number of rotatable bonds is 6. The number of primary sulfonamides is 1. The third-order valence-corrected chi connectivity index (χ3v) is 7.46. The zero-order chi connectivity index (χ0) is 22.2. The van der Waals surface area contributed by atoms with Gasteiger partial charge in [0, 0.05) is 24.3 Å². The van der Waals surface area contributed by atoms with Crippen LogP contribution in [0.1, 0.15) is 6.42 Å². The van der Waals surface area contributed by atoms with Gasteiger partial charge in [0.25, 0.3) is 0 Å². The van der Waals surface area contributed by atoms with E-state index in [-0.39, 0.29) is 28.8 Å². The van der Waals surface area contributed by atoms with Crippen molar-refractivity contribution in [1.82, 2.24) is 35.6 Å². The van der Waals surface area contributed by atoms with E-state index in [4.69, 9.17) is 10.9 Å². The van der Waals surface area contributed by atoms with E-state index in [1.165, 1.54) is 12.3 Å². The van der Waals surface area contributed by atoms with Crippen LogP contribution in [0.2, 0.25) is 0 Å². The standard InChI is InChI=1S/C16H19N9O4S2/c17-15-11(2-1-6-20-15)10-3-4-12(31(28,29)23-9-5-7-19-8-9)14(30(18,26)27)13(10)16-21-24-25-22-16/h1-4,6,9,19,23H,5,7-8H2,(H2,17,20)(H2,18,26,27)(H,21,22,24,25). The highest BCUT2D eigenvalue weighted by molar-refractivity contribution is 7.92. The number of nitrogens with one attached hydrogen (secondary N) is 3. The molecule has 164 valence electrons. The fourth-order valence-electron chi connectivity index (χ4n) is 3.46. The zero-order valence-corrected chi connectivity index (χ0v) is 17.6. The first-order valence-electron chi connectivity index (χ1n) is 9.06. The molecule has 2 aromatic heterocycles. The lowest BCUT2D eigenvalue weighted by Gasteiger charge is -2.18. The summed E-state index contributed by atoms with van der Waals surface area (Å²) in [5.74, 6) is -0.0692. The molecule has 1 unspecified atom stereocenters. The number of tetrazole rings is 1. The van der Waals surface area contributed by atoms with Crippen LogP contribution in [-0.4, -0.2) is 61.6 Å². The molecule has 4 rings (SSSR count). The SMILES string of the molecule is Nc1ncccc1-c1ccc(S(=O)(=O)NC2CCNC2)c(S(N)(=O)=O)c1-c1nn[nH]n1. The first kappa shape index (κ1) is 21.3. The van der Waals surface area contributed by atoms with Crippen molar-refractivity contribution in [1.29, 1.82) is 0 Å². The molecule has 0 bridgehead atoms. The summed E-state index contributed by atoms with van der Waals surface area (Å²) in [6, 6.07) is 5.39. The molecule has 13 nitrogen and oxygen atoms in total. The van der Waals surface area contributed by atoms with E-state index in [2.05, 4.69) is 35.6 Å². The van der Waals surface area contributed by atoms with Gasteiger partial charge in [0.15, 0.2) is 0 Å². The fourth-order valence-corrected chi connectivity index (χ4v) is 6.33. The van der Waals surface area contributed by atoms with Crippen LogP contribution >= 0.6 is 0 Å². The number of pyridine rings is 1. The number of sulfonamides is 2. The number of aromatic nitrogens is 5. The quantitative estimate of drug-likeness (QED) is 0.293. The normalized spacial score (nSPS) is 17.1. The number of anilines is 1. The molecule has 31 heavy (non-hydrogen) atoms. The maximum Gasteiger partial charge on any atom is 0.242 e. The Balaban J connectivity index is 2.03. The first-order valence-corrected chi connectivity index (χ1v) is 12.1. The maximum atomic E-state index is 13.1. The molecule has 0 aliphatic carbocycles. The Labute approximate surface area is 177 Å². The summed E-state index contributed by atoms with van der Waals surface area (Å²) >= 11 is 0. The average Bonchev–Trinajstić information content (AvgIpc) is 3.40. The molecule has 1 saturated heterocycles. The molecule has 1 aliphatic rings. The molecule has 0 saturated carbocycles. The molecule has 7 N–H and O–H groups in total. The van der Waals surface area contributed by atoms with Gasteiger partial charge in [-0.3, -0.25) is 0 Å². The molecule has 1 aromatic carbocycles. The Bertz CT molecular complexity index is 1320. The van der Waals surface area contributed by atoms with Crippen molar-refractivity contribution in [2.45, 2.75) is 22.3 Å². The predicted molar refractivity (Wildman–Crippen MR) is 110 cm³/mol. The largest absolute Gasteiger partial charge is 0.383 e. The van der Waals surface area contributed by atoms with Crippen molar-refractivity contribution >= 4 is 25.9 Å². The van der Waals surface area contributed by atoms with Gasteiger partial charge in [-0.05, 0) is 41.9 Å². The second kappa shape index (κ2) is 7.93. The molecule has 15 heteroatoms. The zero-order valence-electron chi connectivity index (χ0n) is 16.0. The Morgan fingerprint density at radius 1 is 1.13 bits per heavy atom. The van der Waals surface area contributed by atoms with E-state index >= 15 is 0 Å². The summed E-state index contributed by atoms with van der Waals surface area (Å²) in [5.41, 5.74) is 6.41. The number of hydrogen-bond donors (Lipinski definition) is 5. The van der Waals surface area contributed by atoms with E-state index < -0.39 is 29.8 Å². The van der Waals surface area contributed by atoms with Gasteiger partial charge in [-0.15, -0.1) is 10.2 Å². The highest BCUT2D eigenvalue weighted by Gasteiger charge is 2.34. The van der Waals surface area contributed by atoms with Gasteiger partial charge in [-0.2, -0.15) is 5.21 Å². The van der Waals surface area contributed by atoms with Crippen LogP contribution in [0.15, 0.2) is 40.3 Å². The second-order valence-electron chi connectivity index (χ2n) is 6.84. The molecule has 0 spiro atoms. The van der Waals surface area contributed by atoms with Gasteiger partial charge in [0.05, 0.1) is 5.56 Å². The number of benzene rings is 1. The van der Waals surface area contributed by atoms with Gasteiger partial charge in [0.2, 0.25) is 25.9 Å². The van der Waals surface area contributed by atoms with Crippen LogP contribution in [0.3, 0.4) is 0 Å². The molecule has 3 aromatic rings. The average molecular weight is 466 g/mol. The summed E-state index contributed by atoms with van der Waals surface area (Å²) in [6.45, 7) is 1.06. The summed E-state index contributed by atoms with van der Waals surface area (Å²) in [5, 5.41) is 21.9. The maximum absolute atomic E-state index is 13.1. The van der Waals surface area contributed by atoms with Crippen LogP contribution in [0.25, 0.3) is 22.5 Å². The molecule has 1 aliphatic heterocycles. The Hall–Kier alpha value is -2.98. The van der Waals surface area contributed by atoms with Crippen molar-refractivity contribution in [2.75, 3.05) is 18.8 Å². The smallest absolute Gasteiger partial charge is 0.242 e. The highest BCUT2D eigenvalue weighted by atomic mass is 32.2. The van der Waals surface area contributed by atoms with Gasteiger partial charge < -0.3 is 11.1 Å². The first-order chi connectivity index (χ1) is 14.7. The number of aromatic amines is 1. The minimum Gasteiger partial charge on any atom is -0.383 e. The number of hydrogen-bond acceptors (Lipinski definition) is 10. The molecular weight excluding hydrogens is 446 g/mol. The Morgan fingerprint density at radius 2 is 1.94 bits per heavy atom. The lowest BCUT2D eigenvalue weighted by molar-refractivity contribution is 0.555. The molecule has 0 radical (unpaired) electrons. The molecule has 3 heterocycles. The van der Waals surface area contributed by atoms with Crippen molar-refractivity contribution in [2.24, 2.45) is 5.14 Å². The van der Waals surface area contributed by atoms with Crippen molar-refractivity contribution in [3.05, 3.63) is 30.5 Å². The topological polar surface area (TPSA) is 212 Å². The summed E-state index contributed by atoms with van der Waals surface area (Å²) in [7, 11) is -8.83. The van der Waals surface area contributed by atoms with E-state index in [9.17, 15) is 16.8 Å². The predicted octanol–water partition coefficient (Wildman–Crippen LogP) is -1.20. The van der Waals surface area contributed by atoms with Gasteiger partial charge in [-0.25, -0.2) is 31.7 Å². The van der Waals surface area contributed by atoms with Crippen LogP contribution in [-0.2, 0) is 20.0 Å². The van der Waals surface area contributed by atoms with Gasteiger partial charge in [0.1, 0.15) is 15.6 Å². The van der Waals surface area contributed by atoms with Crippen molar-refractivity contribution < 1.29 is 16.8 Å². The minimum absolute atomic E-state index is 0.0957. The molecular formula is C16H19N9O4S2. The van der Waals surface area contributed by atoms with Gasteiger partial charge in [-0.1, -0.05) is 6.07 Å².